The lowest BCUT2D eigenvalue weighted by atomic mass is 10.3. The van der Waals surface area contributed by atoms with Crippen LogP contribution in [0.4, 0.5) is 5.00 Å². The molecule has 1 rings (SSSR count). The Morgan fingerprint density at radius 1 is 1.69 bits per heavy atom. The Hall–Kier alpha value is -1.43. The van der Waals surface area contributed by atoms with Gasteiger partial charge in [0.05, 0.1) is 12.0 Å². The number of hydrogen-bond donors (Lipinski definition) is 0. The molecule has 0 aliphatic heterocycles. The van der Waals surface area contributed by atoms with Crippen molar-refractivity contribution < 1.29 is 14.5 Å². The summed E-state index contributed by atoms with van der Waals surface area (Å²) < 4.78 is 4.46. The van der Waals surface area contributed by atoms with Gasteiger partial charge in [0.1, 0.15) is 4.88 Å². The fourth-order valence-corrected chi connectivity index (χ4v) is 1.76. The van der Waals surface area contributed by atoms with Gasteiger partial charge in [-0.15, -0.1) is 0 Å². The van der Waals surface area contributed by atoms with Gasteiger partial charge in [-0.25, -0.2) is 4.79 Å². The summed E-state index contributed by atoms with van der Waals surface area (Å²) in [6.07, 6.45) is 0. The lowest BCUT2D eigenvalue weighted by molar-refractivity contribution is -0.380. The number of nitro groups is 1. The monoisotopic (exact) mass is 201 g/mol. The number of nitrogens with zero attached hydrogens (tertiary/aromatic N) is 1. The quantitative estimate of drug-likeness (QED) is 0.415. The molecule has 0 bridgehead atoms. The second-order valence-electron chi connectivity index (χ2n) is 2.35. The summed E-state index contributed by atoms with van der Waals surface area (Å²) in [5, 5.41) is 10.3. The van der Waals surface area contributed by atoms with E-state index in [1.165, 1.54) is 13.2 Å². The molecule has 0 saturated heterocycles. The molecular weight excluding hydrogens is 194 g/mol. The molecule has 0 radical (unpaired) electrons. The van der Waals surface area contributed by atoms with Crippen molar-refractivity contribution in [3.63, 3.8) is 0 Å². The van der Waals surface area contributed by atoms with E-state index in [2.05, 4.69) is 4.74 Å². The van der Waals surface area contributed by atoms with Crippen molar-refractivity contribution in [2.45, 2.75) is 6.92 Å². The predicted octanol–water partition coefficient (Wildman–Crippen LogP) is 1.75. The summed E-state index contributed by atoms with van der Waals surface area (Å²) in [7, 11) is 1.24. The molecule has 1 aromatic rings. The van der Waals surface area contributed by atoms with Crippen LogP contribution >= 0.6 is 11.3 Å². The van der Waals surface area contributed by atoms with Crippen LogP contribution in [0.15, 0.2) is 6.07 Å². The van der Waals surface area contributed by atoms with E-state index >= 15 is 0 Å². The first-order valence-corrected chi connectivity index (χ1v) is 4.21. The van der Waals surface area contributed by atoms with Crippen molar-refractivity contribution in [2.75, 3.05) is 7.11 Å². The van der Waals surface area contributed by atoms with Gasteiger partial charge in [-0.1, -0.05) is 11.3 Å². The maximum Gasteiger partial charge on any atom is 0.348 e. The molecule has 5 nitrogen and oxygen atoms in total. The van der Waals surface area contributed by atoms with E-state index in [0.29, 0.717) is 5.56 Å². The van der Waals surface area contributed by atoms with Gasteiger partial charge in [-0.05, 0) is 12.5 Å². The highest BCUT2D eigenvalue weighted by Crippen LogP contribution is 2.28. The Kier molecular flexibility index (Phi) is 2.62. The van der Waals surface area contributed by atoms with Crippen molar-refractivity contribution in [2.24, 2.45) is 0 Å². The number of rotatable bonds is 2. The largest absolute Gasteiger partial charge is 0.465 e. The molecule has 0 aromatic carbocycles. The molecule has 1 heterocycles. The summed E-state index contributed by atoms with van der Waals surface area (Å²) >= 11 is 0.827. The predicted molar refractivity (Wildman–Crippen MR) is 47.0 cm³/mol. The second-order valence-corrected chi connectivity index (χ2v) is 3.38. The first-order valence-electron chi connectivity index (χ1n) is 3.39. The number of esters is 1. The van der Waals surface area contributed by atoms with Crippen molar-refractivity contribution in [3.05, 3.63) is 26.6 Å². The molecule has 0 N–H and O–H groups in total. The summed E-state index contributed by atoms with van der Waals surface area (Å²) in [6.45, 7) is 1.63. The van der Waals surface area contributed by atoms with Crippen LogP contribution in [-0.4, -0.2) is 18.0 Å². The number of carbonyl (C=O) groups is 1. The summed E-state index contributed by atoms with van der Waals surface area (Å²) in [5.74, 6) is -0.532. The van der Waals surface area contributed by atoms with Crippen molar-refractivity contribution in [1.82, 2.24) is 0 Å². The topological polar surface area (TPSA) is 69.4 Å². The number of thiophene rings is 1. The zero-order valence-electron chi connectivity index (χ0n) is 7.07. The average Bonchev–Trinajstić information content (AvgIpc) is 2.46. The number of hydrogen-bond acceptors (Lipinski definition) is 5. The van der Waals surface area contributed by atoms with Gasteiger partial charge in [-0.2, -0.15) is 0 Å². The van der Waals surface area contributed by atoms with Crippen LogP contribution in [0.5, 0.6) is 0 Å². The maximum absolute atomic E-state index is 11.0. The Morgan fingerprint density at radius 3 is 2.69 bits per heavy atom. The van der Waals surface area contributed by atoms with Crippen LogP contribution in [-0.2, 0) is 4.74 Å². The van der Waals surface area contributed by atoms with Gasteiger partial charge in [0.2, 0.25) is 0 Å². The third-order valence-electron chi connectivity index (χ3n) is 1.46. The summed E-state index contributed by atoms with van der Waals surface area (Å²) in [6, 6.07) is 1.36. The van der Waals surface area contributed by atoms with Gasteiger partial charge in [0.15, 0.2) is 0 Å². The molecule has 13 heavy (non-hydrogen) atoms. The van der Waals surface area contributed by atoms with Crippen LogP contribution in [0.25, 0.3) is 0 Å². The number of carbonyl (C=O) groups excluding carboxylic acids is 1. The van der Waals surface area contributed by atoms with E-state index in [1.54, 1.807) is 6.92 Å². The molecule has 0 atom stereocenters. The van der Waals surface area contributed by atoms with Crippen molar-refractivity contribution in [1.29, 1.82) is 0 Å². The molecule has 70 valence electrons. The first kappa shape index (κ1) is 9.66. The van der Waals surface area contributed by atoms with Gasteiger partial charge >= 0.3 is 11.0 Å². The van der Waals surface area contributed by atoms with E-state index in [4.69, 9.17) is 0 Å². The molecule has 6 heteroatoms. The van der Waals surface area contributed by atoms with Gasteiger partial charge in [-0.3, -0.25) is 10.1 Å². The van der Waals surface area contributed by atoms with E-state index in [9.17, 15) is 14.9 Å². The second kappa shape index (κ2) is 3.53. The molecule has 0 spiro atoms. The molecule has 0 fully saturated rings. The van der Waals surface area contributed by atoms with Crippen LogP contribution in [0.1, 0.15) is 15.2 Å². The summed E-state index contributed by atoms with van der Waals surface area (Å²) in [5.41, 5.74) is 0.573. The smallest absolute Gasteiger partial charge is 0.348 e. The molecule has 0 aliphatic carbocycles. The summed E-state index contributed by atoms with van der Waals surface area (Å²) in [4.78, 5) is 21.1. The van der Waals surface area contributed by atoms with E-state index in [-0.39, 0.29) is 9.88 Å². The first-order chi connectivity index (χ1) is 6.06. The Morgan fingerprint density at radius 2 is 2.31 bits per heavy atom. The SMILES string of the molecule is COC(=O)c1sc([N+](=O)[O-])cc1C. The van der Waals surface area contributed by atoms with Crippen LogP contribution < -0.4 is 0 Å². The van der Waals surface area contributed by atoms with Crippen molar-refractivity contribution in [3.8, 4) is 0 Å². The Bertz CT molecular complexity index is 357. The highest BCUT2D eigenvalue weighted by atomic mass is 32.1. The molecule has 0 saturated carbocycles. The van der Waals surface area contributed by atoms with E-state index < -0.39 is 10.9 Å². The van der Waals surface area contributed by atoms with Crippen LogP contribution in [0.3, 0.4) is 0 Å². The zero-order valence-corrected chi connectivity index (χ0v) is 7.88. The van der Waals surface area contributed by atoms with E-state index in [1.807, 2.05) is 0 Å². The maximum atomic E-state index is 11.0. The number of methoxy groups -OCH3 is 1. The highest BCUT2D eigenvalue weighted by Gasteiger charge is 2.19. The molecule has 1 aromatic heterocycles. The minimum absolute atomic E-state index is 0.0436. The molecule has 0 aliphatic rings. The Labute approximate surface area is 78.1 Å². The molecular formula is C7H7NO4S. The van der Waals surface area contributed by atoms with Crippen molar-refractivity contribution >= 4 is 22.3 Å². The zero-order chi connectivity index (χ0) is 10.0. The highest BCUT2D eigenvalue weighted by molar-refractivity contribution is 7.17. The van der Waals surface area contributed by atoms with Gasteiger partial charge in [0.25, 0.3) is 0 Å². The lowest BCUT2D eigenvalue weighted by Gasteiger charge is -1.93. The minimum atomic E-state index is -0.532. The lowest BCUT2D eigenvalue weighted by Crippen LogP contribution is -1.99. The fourth-order valence-electron chi connectivity index (χ4n) is 0.851. The molecule has 0 amide bonds. The molecule has 0 unspecified atom stereocenters. The standard InChI is InChI=1S/C7H7NO4S/c1-4-3-5(8(10)11)13-6(4)7(9)12-2/h3H,1-2H3. The van der Waals surface area contributed by atoms with Gasteiger partial charge < -0.3 is 4.74 Å². The third kappa shape index (κ3) is 1.83. The van der Waals surface area contributed by atoms with Crippen LogP contribution in [0.2, 0.25) is 0 Å². The minimum Gasteiger partial charge on any atom is -0.465 e. The van der Waals surface area contributed by atoms with E-state index in [0.717, 1.165) is 11.3 Å². The fraction of sp³-hybridized carbons (Fsp3) is 0.286. The van der Waals surface area contributed by atoms with Gasteiger partial charge in [0, 0.05) is 6.07 Å². The average molecular weight is 201 g/mol. The Balaban J connectivity index is 3.10. The number of aryl methyl sites for hydroxylation is 1. The van der Waals surface area contributed by atoms with Crippen LogP contribution in [0, 0.1) is 17.0 Å². The normalized spacial score (nSPS) is 9.69. The third-order valence-corrected chi connectivity index (χ3v) is 2.62. The number of ether oxygens (including phenoxy) is 1.